The van der Waals surface area contributed by atoms with Crippen molar-refractivity contribution >= 4 is 8.72 Å². The van der Waals surface area contributed by atoms with Crippen LogP contribution in [0.15, 0.2) is 0 Å². The van der Waals surface area contributed by atoms with Gasteiger partial charge in [-0.15, -0.1) is 0 Å². The first-order valence-corrected chi connectivity index (χ1v) is 7.28. The van der Waals surface area contributed by atoms with Gasteiger partial charge < -0.3 is 8.85 Å². The van der Waals surface area contributed by atoms with Gasteiger partial charge in [-0.2, -0.15) is 0 Å². The summed E-state index contributed by atoms with van der Waals surface area (Å²) in [5.74, 6) is 0. The van der Waals surface area contributed by atoms with Gasteiger partial charge in [0.15, 0.2) is 0 Å². The molecule has 0 N–H and O–H groups in total. The van der Waals surface area contributed by atoms with Crippen LogP contribution in [-0.4, -0.2) is 40.6 Å². The highest BCUT2D eigenvalue weighted by atomic mass is 28.4. The van der Waals surface area contributed by atoms with E-state index in [9.17, 15) is 0 Å². The minimum Gasteiger partial charge on any atom is -0.386 e. The highest BCUT2D eigenvalue weighted by Gasteiger charge is 2.45. The minimum absolute atomic E-state index is 0.448. The first-order chi connectivity index (χ1) is 6.58. The Kier molecular flexibility index (Phi) is 6.60. The summed E-state index contributed by atoms with van der Waals surface area (Å²) in [6.07, 6.45) is 1.14. The lowest BCUT2D eigenvalue weighted by atomic mass is 10.5. The Hall–Kier alpha value is 0.0969. The summed E-state index contributed by atoms with van der Waals surface area (Å²) in [6, 6.07) is 0. The Bertz CT molecular complexity index is 149. The molecule has 0 aliphatic rings. The Balaban J connectivity index is 4.73. The first-order valence-electron chi connectivity index (χ1n) is 5.44. The molecule has 14 heavy (non-hydrogen) atoms. The van der Waals surface area contributed by atoms with Crippen LogP contribution in [0.3, 0.4) is 0 Å². The van der Waals surface area contributed by atoms with E-state index in [2.05, 4.69) is 32.3 Å². The number of nitrogens with zero attached hydrogens (tertiary/aromatic N) is 1. The fourth-order valence-electron chi connectivity index (χ4n) is 1.98. The summed E-state index contributed by atoms with van der Waals surface area (Å²) in [4.78, 5) is 0. The molecular weight excluding hydrogens is 194 g/mol. The molecule has 0 aromatic heterocycles. The molecule has 0 fully saturated rings. The van der Waals surface area contributed by atoms with E-state index in [1.54, 1.807) is 14.2 Å². The largest absolute Gasteiger partial charge is 0.429 e. The van der Waals surface area contributed by atoms with Gasteiger partial charge in [0.1, 0.15) is 0 Å². The molecule has 0 bridgehead atoms. The van der Waals surface area contributed by atoms with Crippen LogP contribution < -0.4 is 0 Å². The molecule has 0 aliphatic heterocycles. The molecule has 0 atom stereocenters. The Morgan fingerprint density at radius 2 is 1.64 bits per heavy atom. The third kappa shape index (κ3) is 2.79. The fraction of sp³-hybridized carbons (Fsp3) is 1.00. The van der Waals surface area contributed by atoms with Crippen LogP contribution in [-0.2, 0) is 8.85 Å². The second-order valence-corrected chi connectivity index (χ2v) is 7.64. The zero-order valence-electron chi connectivity index (χ0n) is 10.5. The molecule has 0 saturated carbocycles. The summed E-state index contributed by atoms with van der Waals surface area (Å²) in [5.41, 5.74) is 0.448. The zero-order chi connectivity index (χ0) is 11.2. The molecule has 0 heterocycles. The van der Waals surface area contributed by atoms with Crippen molar-refractivity contribution in [3.05, 3.63) is 0 Å². The van der Waals surface area contributed by atoms with E-state index < -0.39 is 8.72 Å². The minimum atomic E-state index is -2.14. The van der Waals surface area contributed by atoms with E-state index in [4.69, 9.17) is 8.85 Å². The van der Waals surface area contributed by atoms with Gasteiger partial charge in [-0.05, 0) is 19.5 Å². The summed E-state index contributed by atoms with van der Waals surface area (Å²) in [7, 11) is 1.41. The Morgan fingerprint density at radius 1 is 1.14 bits per heavy atom. The molecule has 0 spiro atoms. The van der Waals surface area contributed by atoms with E-state index in [1.807, 2.05) is 0 Å². The molecule has 0 amide bonds. The molecule has 0 saturated heterocycles. The SMILES string of the molecule is CCCN(CC)[Si](OC)(OC)C(C)C. The number of hydrogen-bond donors (Lipinski definition) is 0. The maximum atomic E-state index is 5.70. The van der Waals surface area contributed by atoms with Crippen LogP contribution in [0.1, 0.15) is 34.1 Å². The second kappa shape index (κ2) is 6.56. The van der Waals surface area contributed by atoms with E-state index in [1.165, 1.54) is 0 Å². The lowest BCUT2D eigenvalue weighted by Crippen LogP contribution is -2.59. The standard InChI is InChI=1S/C10H25NO2Si/c1-7-9-11(8-2)14(12-5,13-6)10(3)4/h10H,7-9H2,1-6H3. The predicted octanol–water partition coefficient (Wildman–Crippen LogP) is 2.36. The number of rotatable bonds is 7. The van der Waals surface area contributed by atoms with Gasteiger partial charge in [-0.1, -0.05) is 27.7 Å². The summed E-state index contributed by atoms with van der Waals surface area (Å²) in [5, 5.41) is 0. The maximum absolute atomic E-state index is 5.70. The maximum Gasteiger partial charge on any atom is 0.429 e. The van der Waals surface area contributed by atoms with Crippen molar-refractivity contribution in [1.82, 2.24) is 4.57 Å². The van der Waals surface area contributed by atoms with Crippen LogP contribution in [0.2, 0.25) is 5.54 Å². The fourth-order valence-corrected chi connectivity index (χ4v) is 5.31. The van der Waals surface area contributed by atoms with Crippen molar-refractivity contribution in [3.63, 3.8) is 0 Å². The van der Waals surface area contributed by atoms with E-state index in [0.29, 0.717) is 5.54 Å². The number of hydrogen-bond acceptors (Lipinski definition) is 3. The van der Waals surface area contributed by atoms with Gasteiger partial charge in [-0.25, -0.2) is 0 Å². The monoisotopic (exact) mass is 219 g/mol. The van der Waals surface area contributed by atoms with Crippen molar-refractivity contribution in [2.75, 3.05) is 27.3 Å². The van der Waals surface area contributed by atoms with Crippen LogP contribution in [0.25, 0.3) is 0 Å². The summed E-state index contributed by atoms with van der Waals surface area (Å²) < 4.78 is 13.8. The van der Waals surface area contributed by atoms with Gasteiger partial charge in [0.05, 0.1) is 0 Å². The third-order valence-electron chi connectivity index (χ3n) is 2.63. The van der Waals surface area contributed by atoms with Crippen molar-refractivity contribution in [2.24, 2.45) is 0 Å². The topological polar surface area (TPSA) is 21.7 Å². The molecule has 86 valence electrons. The van der Waals surface area contributed by atoms with Crippen LogP contribution in [0, 0.1) is 0 Å². The van der Waals surface area contributed by atoms with Crippen molar-refractivity contribution < 1.29 is 8.85 Å². The smallest absolute Gasteiger partial charge is 0.386 e. The third-order valence-corrected chi connectivity index (χ3v) is 6.68. The molecule has 0 aromatic carbocycles. The average Bonchev–Trinajstić information content (AvgIpc) is 2.18. The Morgan fingerprint density at radius 3 is 1.86 bits per heavy atom. The van der Waals surface area contributed by atoms with Crippen LogP contribution in [0.4, 0.5) is 0 Å². The molecule has 0 rings (SSSR count). The second-order valence-electron chi connectivity index (χ2n) is 3.77. The van der Waals surface area contributed by atoms with Gasteiger partial charge in [0.25, 0.3) is 0 Å². The van der Waals surface area contributed by atoms with Crippen molar-refractivity contribution in [2.45, 2.75) is 39.7 Å². The highest BCUT2D eigenvalue weighted by molar-refractivity contribution is 6.65. The molecule has 4 heteroatoms. The van der Waals surface area contributed by atoms with Gasteiger partial charge >= 0.3 is 8.72 Å². The van der Waals surface area contributed by atoms with Crippen molar-refractivity contribution in [1.29, 1.82) is 0 Å². The van der Waals surface area contributed by atoms with Crippen LogP contribution in [0.5, 0.6) is 0 Å². The van der Waals surface area contributed by atoms with E-state index in [-0.39, 0.29) is 0 Å². The average molecular weight is 219 g/mol. The molecular formula is C10H25NO2Si. The Labute approximate surface area is 89.7 Å². The molecule has 0 radical (unpaired) electrons. The van der Waals surface area contributed by atoms with E-state index >= 15 is 0 Å². The van der Waals surface area contributed by atoms with Gasteiger partial charge in [0, 0.05) is 19.8 Å². The normalized spacial score (nSPS) is 12.9. The molecule has 3 nitrogen and oxygen atoms in total. The first kappa shape index (κ1) is 14.1. The zero-order valence-corrected chi connectivity index (χ0v) is 11.5. The lowest BCUT2D eigenvalue weighted by Gasteiger charge is -2.40. The summed E-state index contributed by atoms with van der Waals surface area (Å²) >= 11 is 0. The summed E-state index contributed by atoms with van der Waals surface area (Å²) in [6.45, 7) is 10.8. The van der Waals surface area contributed by atoms with Crippen LogP contribution >= 0.6 is 0 Å². The van der Waals surface area contributed by atoms with Crippen molar-refractivity contribution in [3.8, 4) is 0 Å². The van der Waals surface area contributed by atoms with Gasteiger partial charge in [-0.3, -0.25) is 4.57 Å². The van der Waals surface area contributed by atoms with Gasteiger partial charge in [0.2, 0.25) is 0 Å². The highest BCUT2D eigenvalue weighted by Crippen LogP contribution is 2.26. The quantitative estimate of drug-likeness (QED) is 0.614. The predicted molar refractivity (Wildman–Crippen MR) is 62.4 cm³/mol. The molecule has 0 aliphatic carbocycles. The molecule has 0 unspecified atom stereocenters. The molecule has 0 aromatic rings. The van der Waals surface area contributed by atoms with E-state index in [0.717, 1.165) is 19.5 Å². The lowest BCUT2D eigenvalue weighted by molar-refractivity contribution is 0.155.